The SMILES string of the molecule is CC(=O)Oc1ccc2c(=O)c(-c3ccc4c(c3)OCCO4)c(C)oc2c1. The zero-order valence-electron chi connectivity index (χ0n) is 14.3. The Morgan fingerprint density at radius 2 is 1.81 bits per heavy atom. The molecule has 0 spiro atoms. The van der Waals surface area contributed by atoms with E-state index in [4.69, 9.17) is 18.6 Å². The molecule has 0 fully saturated rings. The van der Waals surface area contributed by atoms with E-state index in [2.05, 4.69) is 0 Å². The van der Waals surface area contributed by atoms with E-state index in [1.54, 1.807) is 37.3 Å². The minimum Gasteiger partial charge on any atom is -0.486 e. The van der Waals surface area contributed by atoms with Gasteiger partial charge in [0.05, 0.1) is 10.9 Å². The summed E-state index contributed by atoms with van der Waals surface area (Å²) < 4.78 is 22.0. The lowest BCUT2D eigenvalue weighted by atomic mass is 10.0. The van der Waals surface area contributed by atoms with Gasteiger partial charge in [-0.3, -0.25) is 9.59 Å². The van der Waals surface area contributed by atoms with Crippen molar-refractivity contribution in [2.24, 2.45) is 0 Å². The van der Waals surface area contributed by atoms with E-state index in [1.807, 2.05) is 6.07 Å². The van der Waals surface area contributed by atoms with Crippen molar-refractivity contribution in [2.45, 2.75) is 13.8 Å². The molecule has 1 aliphatic rings. The van der Waals surface area contributed by atoms with E-state index in [0.29, 0.717) is 58.3 Å². The first-order valence-electron chi connectivity index (χ1n) is 8.19. The molecule has 4 rings (SSSR count). The van der Waals surface area contributed by atoms with E-state index in [1.165, 1.54) is 6.92 Å². The molecular weight excluding hydrogens is 336 g/mol. The molecule has 1 aromatic heterocycles. The smallest absolute Gasteiger partial charge is 0.308 e. The number of aryl methyl sites for hydroxylation is 1. The highest BCUT2D eigenvalue weighted by atomic mass is 16.6. The van der Waals surface area contributed by atoms with Gasteiger partial charge in [0.1, 0.15) is 30.3 Å². The summed E-state index contributed by atoms with van der Waals surface area (Å²) >= 11 is 0. The fourth-order valence-electron chi connectivity index (χ4n) is 3.05. The van der Waals surface area contributed by atoms with Gasteiger partial charge in [0.2, 0.25) is 5.43 Å². The van der Waals surface area contributed by atoms with Crippen LogP contribution in [-0.2, 0) is 4.79 Å². The number of carbonyl (C=O) groups is 1. The predicted octanol–water partition coefficient (Wildman–Crippen LogP) is 3.46. The van der Waals surface area contributed by atoms with Crippen LogP contribution in [0.15, 0.2) is 45.6 Å². The first-order valence-corrected chi connectivity index (χ1v) is 8.19. The molecule has 0 saturated heterocycles. The Balaban J connectivity index is 1.86. The van der Waals surface area contributed by atoms with Gasteiger partial charge in [-0.2, -0.15) is 0 Å². The number of benzene rings is 2. The number of ether oxygens (including phenoxy) is 3. The highest BCUT2D eigenvalue weighted by Crippen LogP contribution is 2.35. The minimum atomic E-state index is -0.434. The van der Waals surface area contributed by atoms with E-state index >= 15 is 0 Å². The maximum atomic E-state index is 13.0. The van der Waals surface area contributed by atoms with Crippen LogP contribution in [0.2, 0.25) is 0 Å². The molecule has 26 heavy (non-hydrogen) atoms. The third-order valence-corrected chi connectivity index (χ3v) is 4.13. The maximum absolute atomic E-state index is 13.0. The van der Waals surface area contributed by atoms with Gasteiger partial charge in [0.15, 0.2) is 11.5 Å². The summed E-state index contributed by atoms with van der Waals surface area (Å²) in [4.78, 5) is 24.1. The van der Waals surface area contributed by atoms with Crippen LogP contribution in [-0.4, -0.2) is 19.2 Å². The molecule has 0 radical (unpaired) electrons. The summed E-state index contributed by atoms with van der Waals surface area (Å²) in [6.07, 6.45) is 0. The van der Waals surface area contributed by atoms with Crippen molar-refractivity contribution in [2.75, 3.05) is 13.2 Å². The summed E-state index contributed by atoms with van der Waals surface area (Å²) in [5, 5.41) is 0.413. The zero-order chi connectivity index (χ0) is 18.3. The average Bonchev–Trinajstić information content (AvgIpc) is 2.61. The van der Waals surface area contributed by atoms with Crippen molar-refractivity contribution in [1.29, 1.82) is 0 Å². The van der Waals surface area contributed by atoms with Crippen LogP contribution in [0.5, 0.6) is 17.2 Å². The van der Waals surface area contributed by atoms with E-state index in [9.17, 15) is 9.59 Å². The molecule has 6 heteroatoms. The second kappa shape index (κ2) is 6.22. The Morgan fingerprint density at radius 1 is 1.04 bits per heavy atom. The van der Waals surface area contributed by atoms with Gasteiger partial charge in [0.25, 0.3) is 0 Å². The van der Waals surface area contributed by atoms with Gasteiger partial charge in [-0.25, -0.2) is 0 Å². The van der Waals surface area contributed by atoms with Crippen molar-refractivity contribution >= 4 is 16.9 Å². The van der Waals surface area contributed by atoms with E-state index < -0.39 is 5.97 Å². The average molecular weight is 352 g/mol. The molecule has 6 nitrogen and oxygen atoms in total. The van der Waals surface area contributed by atoms with Crippen LogP contribution < -0.4 is 19.6 Å². The minimum absolute atomic E-state index is 0.158. The van der Waals surface area contributed by atoms with Crippen LogP contribution in [0, 0.1) is 6.92 Å². The molecule has 0 bridgehead atoms. The quantitative estimate of drug-likeness (QED) is 0.519. The molecule has 2 aromatic carbocycles. The Hall–Kier alpha value is -3.28. The molecule has 0 atom stereocenters. The number of hydrogen-bond acceptors (Lipinski definition) is 6. The predicted molar refractivity (Wildman–Crippen MR) is 95.0 cm³/mol. The summed E-state index contributed by atoms with van der Waals surface area (Å²) in [5.41, 5.74) is 1.38. The third kappa shape index (κ3) is 2.79. The van der Waals surface area contributed by atoms with Crippen LogP contribution in [0.25, 0.3) is 22.1 Å². The second-order valence-electron chi connectivity index (χ2n) is 5.97. The second-order valence-corrected chi connectivity index (χ2v) is 5.97. The Bertz CT molecular complexity index is 1080. The zero-order valence-corrected chi connectivity index (χ0v) is 14.3. The summed E-state index contributed by atoms with van der Waals surface area (Å²) in [5.74, 6) is 1.64. The molecule has 0 aliphatic carbocycles. The Labute approximate surface area is 148 Å². The lowest BCUT2D eigenvalue weighted by Crippen LogP contribution is -2.15. The van der Waals surface area contributed by atoms with Crippen molar-refractivity contribution in [1.82, 2.24) is 0 Å². The normalized spacial score (nSPS) is 12.8. The van der Waals surface area contributed by atoms with Crippen LogP contribution in [0.3, 0.4) is 0 Å². The largest absolute Gasteiger partial charge is 0.486 e. The molecule has 0 saturated carbocycles. The first kappa shape index (κ1) is 16.2. The number of esters is 1. The van der Waals surface area contributed by atoms with Gasteiger partial charge >= 0.3 is 5.97 Å². The fraction of sp³-hybridized carbons (Fsp3) is 0.200. The topological polar surface area (TPSA) is 75.0 Å². The highest BCUT2D eigenvalue weighted by Gasteiger charge is 2.18. The number of rotatable bonds is 2. The van der Waals surface area contributed by atoms with Crippen molar-refractivity contribution in [3.05, 3.63) is 52.4 Å². The lowest BCUT2D eigenvalue weighted by molar-refractivity contribution is -0.131. The van der Waals surface area contributed by atoms with Crippen LogP contribution in [0.4, 0.5) is 0 Å². The van der Waals surface area contributed by atoms with Crippen LogP contribution >= 0.6 is 0 Å². The Kier molecular flexibility index (Phi) is 3.88. The molecule has 1 aliphatic heterocycles. The summed E-state index contributed by atoms with van der Waals surface area (Å²) in [7, 11) is 0. The molecule has 2 heterocycles. The van der Waals surface area contributed by atoms with Gasteiger partial charge in [0, 0.05) is 13.0 Å². The number of carbonyl (C=O) groups excluding carboxylic acids is 1. The third-order valence-electron chi connectivity index (χ3n) is 4.13. The van der Waals surface area contributed by atoms with Crippen molar-refractivity contribution in [3.63, 3.8) is 0 Å². The molecule has 132 valence electrons. The molecule has 0 amide bonds. The van der Waals surface area contributed by atoms with Crippen molar-refractivity contribution in [3.8, 4) is 28.4 Å². The van der Waals surface area contributed by atoms with Crippen LogP contribution in [0.1, 0.15) is 12.7 Å². The Morgan fingerprint density at radius 3 is 2.58 bits per heavy atom. The van der Waals surface area contributed by atoms with E-state index in [-0.39, 0.29) is 5.43 Å². The van der Waals surface area contributed by atoms with Gasteiger partial charge < -0.3 is 18.6 Å². The number of fused-ring (bicyclic) bond motifs is 2. The maximum Gasteiger partial charge on any atom is 0.308 e. The number of hydrogen-bond donors (Lipinski definition) is 0. The lowest BCUT2D eigenvalue weighted by Gasteiger charge is -2.19. The fourth-order valence-corrected chi connectivity index (χ4v) is 3.05. The van der Waals surface area contributed by atoms with Gasteiger partial charge in [-0.15, -0.1) is 0 Å². The van der Waals surface area contributed by atoms with Crippen molar-refractivity contribution < 1.29 is 23.4 Å². The monoisotopic (exact) mass is 352 g/mol. The summed E-state index contributed by atoms with van der Waals surface area (Å²) in [6, 6.07) is 10.1. The highest BCUT2D eigenvalue weighted by molar-refractivity contribution is 5.84. The molecule has 0 N–H and O–H groups in total. The standard InChI is InChI=1S/C20H16O6/c1-11-19(13-3-6-16-18(9-13)24-8-7-23-16)20(22)15-5-4-14(26-12(2)21)10-17(15)25-11/h3-6,9-10H,7-8H2,1-2H3. The van der Waals surface area contributed by atoms with Gasteiger partial charge in [-0.1, -0.05) is 6.07 Å². The van der Waals surface area contributed by atoms with E-state index in [0.717, 1.165) is 0 Å². The molecule has 0 unspecified atom stereocenters. The molecular formula is C20H16O6. The first-order chi connectivity index (χ1) is 12.5. The van der Waals surface area contributed by atoms with Gasteiger partial charge in [-0.05, 0) is 36.8 Å². The molecule has 3 aromatic rings. The summed E-state index contributed by atoms with van der Waals surface area (Å²) in [6.45, 7) is 4.02.